The highest BCUT2D eigenvalue weighted by Crippen LogP contribution is 2.29. The van der Waals surface area contributed by atoms with Crippen LogP contribution in [-0.2, 0) is 9.53 Å². The Balaban J connectivity index is 1.51. The summed E-state index contributed by atoms with van der Waals surface area (Å²) in [6.45, 7) is 6.46. The van der Waals surface area contributed by atoms with Crippen LogP contribution in [0.3, 0.4) is 0 Å². The molecule has 2 aliphatic heterocycles. The van der Waals surface area contributed by atoms with Gasteiger partial charge in [0.15, 0.2) is 0 Å². The van der Waals surface area contributed by atoms with E-state index in [1.54, 1.807) is 6.07 Å². The normalized spacial score (nSPS) is 22.6. The quantitative estimate of drug-likeness (QED) is 0.880. The molecule has 7 heteroatoms. The second-order valence-corrected chi connectivity index (χ2v) is 7.03. The number of amides is 1. The summed E-state index contributed by atoms with van der Waals surface area (Å²) in [4.78, 5) is 16.5. The van der Waals surface area contributed by atoms with Gasteiger partial charge in [0.05, 0.1) is 22.8 Å². The van der Waals surface area contributed by atoms with E-state index in [2.05, 4.69) is 10.2 Å². The lowest BCUT2D eigenvalue weighted by molar-refractivity contribution is -0.132. The summed E-state index contributed by atoms with van der Waals surface area (Å²) in [6.07, 6.45) is 0.538. The van der Waals surface area contributed by atoms with Crippen LogP contribution in [0.5, 0.6) is 0 Å². The van der Waals surface area contributed by atoms with Crippen molar-refractivity contribution in [3.63, 3.8) is 0 Å². The number of carbonyl (C=O) groups is 1. The molecule has 24 heavy (non-hydrogen) atoms. The van der Waals surface area contributed by atoms with Gasteiger partial charge in [0.2, 0.25) is 5.91 Å². The Bertz CT molecular complexity index is 579. The van der Waals surface area contributed by atoms with Crippen molar-refractivity contribution in [2.45, 2.75) is 12.5 Å². The van der Waals surface area contributed by atoms with Crippen LogP contribution < -0.4 is 5.32 Å². The van der Waals surface area contributed by atoms with Crippen LogP contribution in [0.25, 0.3) is 0 Å². The van der Waals surface area contributed by atoms with E-state index >= 15 is 0 Å². The molecule has 1 aromatic carbocycles. The van der Waals surface area contributed by atoms with Crippen LogP contribution in [0.4, 0.5) is 0 Å². The summed E-state index contributed by atoms with van der Waals surface area (Å²) < 4.78 is 5.87. The maximum absolute atomic E-state index is 12.3. The third kappa shape index (κ3) is 4.61. The zero-order valence-corrected chi connectivity index (χ0v) is 15.2. The van der Waals surface area contributed by atoms with E-state index in [1.807, 2.05) is 17.0 Å². The Morgan fingerprint density at radius 1 is 1.21 bits per heavy atom. The van der Waals surface area contributed by atoms with Gasteiger partial charge in [-0.15, -0.1) is 0 Å². The van der Waals surface area contributed by atoms with Crippen LogP contribution in [0.1, 0.15) is 18.1 Å². The molecule has 132 valence electrons. The summed E-state index contributed by atoms with van der Waals surface area (Å²) in [5.41, 5.74) is 1.03. The molecule has 1 atom stereocenters. The monoisotopic (exact) mass is 371 g/mol. The zero-order valence-electron chi connectivity index (χ0n) is 13.6. The number of piperazine rings is 1. The Morgan fingerprint density at radius 2 is 2.00 bits per heavy atom. The minimum absolute atomic E-state index is 0.0252. The van der Waals surface area contributed by atoms with Crippen molar-refractivity contribution in [2.24, 2.45) is 0 Å². The van der Waals surface area contributed by atoms with Gasteiger partial charge in [-0.25, -0.2) is 0 Å². The highest BCUT2D eigenvalue weighted by atomic mass is 35.5. The fourth-order valence-electron chi connectivity index (χ4n) is 3.15. The number of hydrogen-bond acceptors (Lipinski definition) is 4. The Kier molecular flexibility index (Phi) is 6.36. The smallest absolute Gasteiger partial charge is 0.223 e. The maximum Gasteiger partial charge on any atom is 0.223 e. The number of hydrogen-bond donors (Lipinski definition) is 1. The number of benzene rings is 1. The van der Waals surface area contributed by atoms with Gasteiger partial charge in [-0.05, 0) is 17.7 Å². The van der Waals surface area contributed by atoms with Crippen molar-refractivity contribution in [2.75, 3.05) is 52.4 Å². The van der Waals surface area contributed by atoms with E-state index in [0.717, 1.165) is 51.4 Å². The molecular weight excluding hydrogens is 349 g/mol. The van der Waals surface area contributed by atoms with Crippen LogP contribution >= 0.6 is 23.2 Å². The van der Waals surface area contributed by atoms with Crippen molar-refractivity contribution in [3.05, 3.63) is 33.8 Å². The molecule has 1 amide bonds. The number of halogens is 2. The standard InChI is InChI=1S/C17H23Cl2N3O2/c18-14-2-1-13(11-15(14)19)16-12-21(9-10-24-16)6-3-17(23)22-7-4-20-5-8-22/h1-2,11,16,20H,3-10,12H2. The SMILES string of the molecule is O=C(CCN1CCOC(c2ccc(Cl)c(Cl)c2)C1)N1CCNCC1. The van der Waals surface area contributed by atoms with Gasteiger partial charge in [-0.2, -0.15) is 0 Å². The van der Waals surface area contributed by atoms with Crippen LogP contribution in [0.15, 0.2) is 18.2 Å². The molecule has 1 unspecified atom stereocenters. The molecular formula is C17H23Cl2N3O2. The van der Waals surface area contributed by atoms with Gasteiger partial charge in [-0.3, -0.25) is 9.69 Å². The van der Waals surface area contributed by atoms with Gasteiger partial charge in [-0.1, -0.05) is 29.3 Å². The third-order valence-electron chi connectivity index (χ3n) is 4.58. The van der Waals surface area contributed by atoms with Crippen LogP contribution in [0, 0.1) is 0 Å². The van der Waals surface area contributed by atoms with E-state index in [1.165, 1.54) is 0 Å². The fraction of sp³-hybridized carbons (Fsp3) is 0.588. The lowest BCUT2D eigenvalue weighted by atomic mass is 10.1. The number of carbonyl (C=O) groups excluding carboxylic acids is 1. The third-order valence-corrected chi connectivity index (χ3v) is 5.32. The van der Waals surface area contributed by atoms with Crippen molar-refractivity contribution in [1.29, 1.82) is 0 Å². The van der Waals surface area contributed by atoms with E-state index in [0.29, 0.717) is 23.1 Å². The number of ether oxygens (including phenoxy) is 1. The molecule has 3 rings (SSSR count). The van der Waals surface area contributed by atoms with Gasteiger partial charge in [0.25, 0.3) is 0 Å². The highest BCUT2D eigenvalue weighted by Gasteiger charge is 2.24. The molecule has 0 aromatic heterocycles. The first kappa shape index (κ1) is 18.0. The van der Waals surface area contributed by atoms with Gasteiger partial charge < -0.3 is 15.0 Å². The van der Waals surface area contributed by atoms with E-state index in [-0.39, 0.29) is 12.0 Å². The summed E-state index contributed by atoms with van der Waals surface area (Å²) in [5, 5.41) is 4.36. The fourth-order valence-corrected chi connectivity index (χ4v) is 3.45. The van der Waals surface area contributed by atoms with E-state index in [4.69, 9.17) is 27.9 Å². The van der Waals surface area contributed by atoms with Crippen molar-refractivity contribution < 1.29 is 9.53 Å². The van der Waals surface area contributed by atoms with Crippen molar-refractivity contribution >= 4 is 29.1 Å². The Hall–Kier alpha value is -0.850. The number of nitrogens with zero attached hydrogens (tertiary/aromatic N) is 2. The predicted octanol–water partition coefficient (Wildman–Crippen LogP) is 2.19. The van der Waals surface area contributed by atoms with Crippen LogP contribution in [0.2, 0.25) is 10.0 Å². The molecule has 0 radical (unpaired) electrons. The topological polar surface area (TPSA) is 44.8 Å². The first-order valence-electron chi connectivity index (χ1n) is 8.41. The Labute approximate surface area is 152 Å². The maximum atomic E-state index is 12.3. The molecule has 2 aliphatic rings. The summed E-state index contributed by atoms with van der Waals surface area (Å²) in [7, 11) is 0. The largest absolute Gasteiger partial charge is 0.371 e. The molecule has 1 N–H and O–H groups in total. The van der Waals surface area contributed by atoms with E-state index < -0.39 is 0 Å². The molecule has 5 nitrogen and oxygen atoms in total. The van der Waals surface area contributed by atoms with E-state index in [9.17, 15) is 4.79 Å². The predicted molar refractivity (Wildman–Crippen MR) is 95.7 cm³/mol. The molecule has 0 saturated carbocycles. The summed E-state index contributed by atoms with van der Waals surface area (Å²) >= 11 is 12.1. The minimum Gasteiger partial charge on any atom is -0.371 e. The number of rotatable bonds is 4. The molecule has 2 fully saturated rings. The highest BCUT2D eigenvalue weighted by molar-refractivity contribution is 6.42. The van der Waals surface area contributed by atoms with Crippen LogP contribution in [-0.4, -0.2) is 68.1 Å². The van der Waals surface area contributed by atoms with Gasteiger partial charge in [0.1, 0.15) is 0 Å². The van der Waals surface area contributed by atoms with Gasteiger partial charge in [0, 0.05) is 52.2 Å². The first-order valence-corrected chi connectivity index (χ1v) is 9.16. The molecule has 2 saturated heterocycles. The number of morpholine rings is 1. The lowest BCUT2D eigenvalue weighted by Gasteiger charge is -2.34. The first-order chi connectivity index (χ1) is 11.6. The average molecular weight is 372 g/mol. The van der Waals surface area contributed by atoms with Crippen molar-refractivity contribution in [1.82, 2.24) is 15.1 Å². The summed E-state index contributed by atoms with van der Waals surface area (Å²) in [6, 6.07) is 5.62. The molecule has 0 spiro atoms. The summed E-state index contributed by atoms with van der Waals surface area (Å²) in [5.74, 6) is 0.245. The number of nitrogens with one attached hydrogen (secondary N) is 1. The minimum atomic E-state index is -0.0252. The molecule has 1 aromatic rings. The average Bonchev–Trinajstić information content (AvgIpc) is 2.63. The second kappa shape index (κ2) is 8.50. The van der Waals surface area contributed by atoms with Gasteiger partial charge >= 0.3 is 0 Å². The second-order valence-electron chi connectivity index (χ2n) is 6.21. The zero-order chi connectivity index (χ0) is 16.9. The molecule has 0 bridgehead atoms. The lowest BCUT2D eigenvalue weighted by Crippen LogP contribution is -2.47. The van der Waals surface area contributed by atoms with Crippen molar-refractivity contribution in [3.8, 4) is 0 Å². The Morgan fingerprint density at radius 3 is 2.75 bits per heavy atom. The molecule has 0 aliphatic carbocycles. The molecule has 2 heterocycles.